The van der Waals surface area contributed by atoms with E-state index in [1.165, 1.54) is 45.6 Å². The van der Waals surface area contributed by atoms with Gasteiger partial charge in [0.1, 0.15) is 0 Å². The van der Waals surface area contributed by atoms with Gasteiger partial charge in [0, 0.05) is 19.5 Å². The van der Waals surface area contributed by atoms with Crippen LogP contribution in [0, 0.1) is 5.92 Å². The van der Waals surface area contributed by atoms with Gasteiger partial charge in [0.2, 0.25) is 5.91 Å². The van der Waals surface area contributed by atoms with Crippen molar-refractivity contribution in [2.45, 2.75) is 57.5 Å². The van der Waals surface area contributed by atoms with Crippen molar-refractivity contribution in [2.75, 3.05) is 26.8 Å². The molecule has 0 radical (unpaired) electrons. The van der Waals surface area contributed by atoms with Crippen LogP contribution in [0.2, 0.25) is 0 Å². The minimum Gasteiger partial charge on any atom is -0.469 e. The number of carbonyl (C=O) groups excluding carboxylic acids is 2. The number of hydrogen-bond donors (Lipinski definition) is 0. The Labute approximate surface area is 127 Å². The van der Waals surface area contributed by atoms with Crippen LogP contribution in [-0.4, -0.2) is 49.7 Å². The number of esters is 1. The molecule has 1 amide bonds. The van der Waals surface area contributed by atoms with E-state index < -0.39 is 0 Å². The van der Waals surface area contributed by atoms with Crippen LogP contribution >= 0.6 is 0 Å². The van der Waals surface area contributed by atoms with Gasteiger partial charge in [0.15, 0.2) is 0 Å². The van der Waals surface area contributed by atoms with Gasteiger partial charge in [0.25, 0.3) is 0 Å². The summed E-state index contributed by atoms with van der Waals surface area (Å²) >= 11 is 0. The molecule has 120 valence electrons. The Morgan fingerprint density at radius 3 is 2.52 bits per heavy atom. The van der Waals surface area contributed by atoms with E-state index in [-0.39, 0.29) is 24.4 Å². The number of hydrogen-bond acceptors (Lipinski definition) is 4. The van der Waals surface area contributed by atoms with Crippen molar-refractivity contribution < 1.29 is 19.1 Å². The first-order chi connectivity index (χ1) is 10.2. The molecule has 21 heavy (non-hydrogen) atoms. The molecule has 0 spiro atoms. The lowest BCUT2D eigenvalue weighted by molar-refractivity contribution is -0.150. The molecule has 2 aliphatic rings. The fraction of sp³-hybridized carbons (Fsp3) is 0.875. The molecule has 1 heterocycles. The normalized spacial score (nSPS) is 24.4. The summed E-state index contributed by atoms with van der Waals surface area (Å²) < 4.78 is 10.2. The van der Waals surface area contributed by atoms with Crippen molar-refractivity contribution in [1.82, 2.24) is 4.90 Å². The van der Waals surface area contributed by atoms with Crippen LogP contribution in [-0.2, 0) is 19.1 Å². The average Bonchev–Trinajstić information content (AvgIpc) is 2.76. The first-order valence-electron chi connectivity index (χ1n) is 8.15. The molecule has 1 atom stereocenters. The van der Waals surface area contributed by atoms with Crippen molar-refractivity contribution in [1.29, 1.82) is 0 Å². The van der Waals surface area contributed by atoms with Gasteiger partial charge in [-0.2, -0.15) is 0 Å². The number of nitrogens with zero attached hydrogens (tertiary/aromatic N) is 1. The maximum Gasteiger partial charge on any atom is 0.308 e. The Hall–Kier alpha value is -1.10. The molecule has 0 aromatic carbocycles. The van der Waals surface area contributed by atoms with Gasteiger partial charge < -0.3 is 14.4 Å². The summed E-state index contributed by atoms with van der Waals surface area (Å²) in [6, 6.07) is 0. The SMILES string of the molecule is COC(=O)CC1CN(C(=O)CC2CCCCCC2)CCO1. The minimum atomic E-state index is -0.280. The molecule has 5 nitrogen and oxygen atoms in total. The second kappa shape index (κ2) is 8.37. The van der Waals surface area contributed by atoms with E-state index in [2.05, 4.69) is 4.74 Å². The predicted molar refractivity (Wildman–Crippen MR) is 78.8 cm³/mol. The van der Waals surface area contributed by atoms with Crippen molar-refractivity contribution in [3.8, 4) is 0 Å². The molecule has 2 fully saturated rings. The number of methoxy groups -OCH3 is 1. The van der Waals surface area contributed by atoms with Gasteiger partial charge in [-0.1, -0.05) is 25.7 Å². The number of amides is 1. The standard InChI is InChI=1S/C16H27NO4/c1-20-16(19)11-14-12-17(8-9-21-14)15(18)10-13-6-4-2-3-5-7-13/h13-14H,2-12H2,1H3. The van der Waals surface area contributed by atoms with E-state index in [0.29, 0.717) is 32.0 Å². The van der Waals surface area contributed by atoms with Crippen LogP contribution in [0.4, 0.5) is 0 Å². The van der Waals surface area contributed by atoms with E-state index in [4.69, 9.17) is 4.74 Å². The Bertz CT molecular complexity index is 350. The fourth-order valence-corrected chi connectivity index (χ4v) is 3.28. The first kappa shape index (κ1) is 16.3. The molecular formula is C16H27NO4. The summed E-state index contributed by atoms with van der Waals surface area (Å²) in [5, 5.41) is 0. The van der Waals surface area contributed by atoms with E-state index in [1.807, 2.05) is 4.90 Å². The van der Waals surface area contributed by atoms with Crippen molar-refractivity contribution >= 4 is 11.9 Å². The quantitative estimate of drug-likeness (QED) is 0.589. The molecule has 1 saturated carbocycles. The molecule has 2 rings (SSSR count). The third kappa shape index (κ3) is 5.30. The fourth-order valence-electron chi connectivity index (χ4n) is 3.28. The summed E-state index contributed by atoms with van der Waals surface area (Å²) in [5.74, 6) is 0.486. The predicted octanol–water partition coefficient (Wildman–Crippen LogP) is 2.14. The monoisotopic (exact) mass is 297 g/mol. The Morgan fingerprint density at radius 1 is 1.14 bits per heavy atom. The average molecular weight is 297 g/mol. The lowest BCUT2D eigenvalue weighted by Crippen LogP contribution is -2.46. The van der Waals surface area contributed by atoms with Gasteiger partial charge >= 0.3 is 5.97 Å². The minimum absolute atomic E-state index is 0.218. The van der Waals surface area contributed by atoms with Gasteiger partial charge in [-0.05, 0) is 18.8 Å². The Kier molecular flexibility index (Phi) is 6.49. The van der Waals surface area contributed by atoms with Crippen molar-refractivity contribution in [3.05, 3.63) is 0 Å². The van der Waals surface area contributed by atoms with E-state index in [1.54, 1.807) is 0 Å². The van der Waals surface area contributed by atoms with Gasteiger partial charge in [-0.3, -0.25) is 9.59 Å². The molecule has 0 bridgehead atoms. The molecule has 0 aromatic rings. The number of morpholine rings is 1. The van der Waals surface area contributed by atoms with Crippen LogP contribution in [0.3, 0.4) is 0 Å². The molecule has 5 heteroatoms. The summed E-state index contributed by atoms with van der Waals surface area (Å²) in [7, 11) is 1.38. The summed E-state index contributed by atoms with van der Waals surface area (Å²) in [4.78, 5) is 25.6. The zero-order valence-electron chi connectivity index (χ0n) is 13.0. The Morgan fingerprint density at radius 2 is 1.86 bits per heavy atom. The van der Waals surface area contributed by atoms with E-state index in [9.17, 15) is 9.59 Å². The first-order valence-corrected chi connectivity index (χ1v) is 8.15. The maximum atomic E-state index is 12.4. The summed E-state index contributed by atoms with van der Waals surface area (Å²) in [5.41, 5.74) is 0. The summed E-state index contributed by atoms with van der Waals surface area (Å²) in [6.07, 6.45) is 8.16. The third-order valence-electron chi connectivity index (χ3n) is 4.55. The van der Waals surface area contributed by atoms with E-state index >= 15 is 0 Å². The zero-order chi connectivity index (χ0) is 15.1. The molecule has 1 aliphatic heterocycles. The topological polar surface area (TPSA) is 55.8 Å². The molecule has 1 aliphatic carbocycles. The van der Waals surface area contributed by atoms with Gasteiger partial charge in [0.05, 0.1) is 26.2 Å². The number of carbonyl (C=O) groups is 2. The van der Waals surface area contributed by atoms with Crippen LogP contribution in [0.15, 0.2) is 0 Å². The summed E-state index contributed by atoms with van der Waals surface area (Å²) in [6.45, 7) is 1.67. The van der Waals surface area contributed by atoms with Crippen molar-refractivity contribution in [3.63, 3.8) is 0 Å². The smallest absolute Gasteiger partial charge is 0.308 e. The van der Waals surface area contributed by atoms with Crippen molar-refractivity contribution in [2.24, 2.45) is 5.92 Å². The van der Waals surface area contributed by atoms with Gasteiger partial charge in [-0.25, -0.2) is 0 Å². The highest BCUT2D eigenvalue weighted by Gasteiger charge is 2.27. The molecule has 0 N–H and O–H groups in total. The highest BCUT2D eigenvalue weighted by molar-refractivity contribution is 5.77. The largest absolute Gasteiger partial charge is 0.469 e. The zero-order valence-corrected chi connectivity index (χ0v) is 13.0. The maximum absolute atomic E-state index is 12.4. The molecule has 1 saturated heterocycles. The van der Waals surface area contributed by atoms with E-state index in [0.717, 1.165) is 0 Å². The lowest BCUT2D eigenvalue weighted by atomic mass is 9.96. The molecular weight excluding hydrogens is 270 g/mol. The highest BCUT2D eigenvalue weighted by Crippen LogP contribution is 2.26. The molecule has 1 unspecified atom stereocenters. The van der Waals surface area contributed by atoms with Gasteiger partial charge in [-0.15, -0.1) is 0 Å². The van der Waals surface area contributed by atoms with Crippen LogP contribution < -0.4 is 0 Å². The second-order valence-electron chi connectivity index (χ2n) is 6.17. The second-order valence-corrected chi connectivity index (χ2v) is 6.17. The lowest BCUT2D eigenvalue weighted by Gasteiger charge is -2.33. The number of rotatable bonds is 4. The highest BCUT2D eigenvalue weighted by atomic mass is 16.5. The van der Waals surface area contributed by atoms with Crippen LogP contribution in [0.5, 0.6) is 0 Å². The Balaban J connectivity index is 1.79. The van der Waals surface area contributed by atoms with Crippen LogP contribution in [0.25, 0.3) is 0 Å². The number of ether oxygens (including phenoxy) is 2. The molecule has 0 aromatic heterocycles. The van der Waals surface area contributed by atoms with Crippen LogP contribution in [0.1, 0.15) is 51.4 Å². The third-order valence-corrected chi connectivity index (χ3v) is 4.55.